The summed E-state index contributed by atoms with van der Waals surface area (Å²) < 4.78 is 15.7. The second-order valence-electron chi connectivity index (χ2n) is 10.5. The first-order valence-electron chi connectivity index (χ1n) is 11.4. The first-order chi connectivity index (χ1) is 15.1. The van der Waals surface area contributed by atoms with Crippen molar-refractivity contribution < 1.29 is 33.4 Å². The van der Waals surface area contributed by atoms with E-state index in [1.165, 1.54) is 16.9 Å². The van der Waals surface area contributed by atoms with Crippen LogP contribution in [0.3, 0.4) is 0 Å². The number of hydrogen-bond donors (Lipinski definition) is 1. The Morgan fingerprint density at radius 3 is 2.09 bits per heavy atom. The Labute approximate surface area is 197 Å². The quantitative estimate of drug-likeness (QED) is 0.448. The standard InChI is InChI=1S/C23H41N3O7/c1-10-25(11-2)21(30)33-15-12-16(19(28)31-9)26(13-15)18(27)17(23(6,7)8)24-20(29)32-14-22(3,4)5/h15-17H,10-14H2,1-9H3,(H,24,29). The zero-order valence-electron chi connectivity index (χ0n) is 21.5. The molecule has 33 heavy (non-hydrogen) atoms. The van der Waals surface area contributed by atoms with Gasteiger partial charge in [-0.05, 0) is 24.7 Å². The number of ether oxygens (including phenoxy) is 3. The Hall–Kier alpha value is -2.52. The van der Waals surface area contributed by atoms with Crippen LogP contribution in [0.1, 0.15) is 61.8 Å². The van der Waals surface area contributed by atoms with E-state index in [1.54, 1.807) is 20.8 Å². The molecule has 190 valence electrons. The van der Waals surface area contributed by atoms with Gasteiger partial charge in [-0.1, -0.05) is 41.5 Å². The van der Waals surface area contributed by atoms with Crippen molar-refractivity contribution in [2.24, 2.45) is 10.8 Å². The molecule has 3 unspecified atom stereocenters. The topological polar surface area (TPSA) is 114 Å². The number of methoxy groups -OCH3 is 1. The van der Waals surface area contributed by atoms with Crippen LogP contribution in [0.25, 0.3) is 0 Å². The Balaban J connectivity index is 3.06. The summed E-state index contributed by atoms with van der Waals surface area (Å²) >= 11 is 0. The number of carbonyl (C=O) groups is 4. The number of esters is 1. The molecular formula is C23H41N3O7. The van der Waals surface area contributed by atoms with Gasteiger partial charge in [0, 0.05) is 19.5 Å². The van der Waals surface area contributed by atoms with Gasteiger partial charge in [0.15, 0.2) is 0 Å². The molecular weight excluding hydrogens is 430 g/mol. The first kappa shape index (κ1) is 28.5. The van der Waals surface area contributed by atoms with E-state index in [9.17, 15) is 19.2 Å². The molecule has 1 heterocycles. The van der Waals surface area contributed by atoms with Crippen LogP contribution in [0.15, 0.2) is 0 Å². The SMILES string of the molecule is CCN(CC)C(=O)OC1CC(C(=O)OC)N(C(=O)C(NC(=O)OCC(C)(C)C)C(C)(C)C)C1. The number of nitrogens with one attached hydrogen (secondary N) is 1. The number of carbonyl (C=O) groups excluding carboxylic acids is 4. The van der Waals surface area contributed by atoms with E-state index in [0.717, 1.165) is 0 Å². The zero-order chi connectivity index (χ0) is 25.6. The van der Waals surface area contributed by atoms with Crippen molar-refractivity contribution in [2.75, 3.05) is 33.4 Å². The highest BCUT2D eigenvalue weighted by atomic mass is 16.6. The predicted octanol–water partition coefficient (Wildman–Crippen LogP) is 2.79. The Morgan fingerprint density at radius 1 is 1.06 bits per heavy atom. The van der Waals surface area contributed by atoms with Crippen molar-refractivity contribution in [1.82, 2.24) is 15.1 Å². The van der Waals surface area contributed by atoms with Gasteiger partial charge < -0.3 is 29.3 Å². The molecule has 1 aliphatic heterocycles. The van der Waals surface area contributed by atoms with Crippen LogP contribution in [-0.2, 0) is 23.8 Å². The summed E-state index contributed by atoms with van der Waals surface area (Å²) in [5.74, 6) is -1.07. The minimum absolute atomic E-state index is 0.0247. The van der Waals surface area contributed by atoms with Gasteiger partial charge in [0.25, 0.3) is 0 Å². The van der Waals surface area contributed by atoms with Crippen LogP contribution in [0.2, 0.25) is 0 Å². The summed E-state index contributed by atoms with van der Waals surface area (Å²) in [4.78, 5) is 53.6. The van der Waals surface area contributed by atoms with Crippen LogP contribution in [-0.4, -0.2) is 85.4 Å². The van der Waals surface area contributed by atoms with Crippen molar-refractivity contribution in [1.29, 1.82) is 0 Å². The van der Waals surface area contributed by atoms with Gasteiger partial charge in [0.1, 0.15) is 18.2 Å². The zero-order valence-corrected chi connectivity index (χ0v) is 21.5. The van der Waals surface area contributed by atoms with E-state index in [4.69, 9.17) is 14.2 Å². The molecule has 1 saturated heterocycles. The lowest BCUT2D eigenvalue weighted by Gasteiger charge is -2.34. The van der Waals surface area contributed by atoms with Crippen molar-refractivity contribution in [2.45, 2.75) is 80.0 Å². The number of nitrogens with zero attached hydrogens (tertiary/aromatic N) is 2. The third-order valence-corrected chi connectivity index (χ3v) is 5.32. The highest BCUT2D eigenvalue weighted by Gasteiger charge is 2.46. The lowest BCUT2D eigenvalue weighted by Crippen LogP contribution is -2.57. The van der Waals surface area contributed by atoms with Crippen molar-refractivity contribution in [3.63, 3.8) is 0 Å². The minimum Gasteiger partial charge on any atom is -0.467 e. The van der Waals surface area contributed by atoms with Gasteiger partial charge in [0.05, 0.1) is 20.3 Å². The highest BCUT2D eigenvalue weighted by molar-refractivity contribution is 5.91. The van der Waals surface area contributed by atoms with Gasteiger partial charge in [0.2, 0.25) is 5.91 Å². The average Bonchev–Trinajstić information content (AvgIpc) is 3.12. The normalized spacial score (nSPS) is 19.5. The fourth-order valence-electron chi connectivity index (χ4n) is 3.44. The molecule has 0 aromatic heterocycles. The fourth-order valence-corrected chi connectivity index (χ4v) is 3.44. The Bertz CT molecular complexity index is 708. The molecule has 1 aliphatic rings. The molecule has 0 aliphatic carbocycles. The third kappa shape index (κ3) is 8.40. The molecule has 0 aromatic carbocycles. The molecule has 0 spiro atoms. The molecule has 0 aromatic rings. The smallest absolute Gasteiger partial charge is 0.410 e. The summed E-state index contributed by atoms with van der Waals surface area (Å²) in [5.41, 5.74) is -0.903. The molecule has 1 rings (SSSR count). The Kier molecular flexibility index (Phi) is 9.99. The van der Waals surface area contributed by atoms with Crippen LogP contribution >= 0.6 is 0 Å². The van der Waals surface area contributed by atoms with E-state index in [-0.39, 0.29) is 25.0 Å². The van der Waals surface area contributed by atoms with Crippen LogP contribution < -0.4 is 5.32 Å². The fraction of sp³-hybridized carbons (Fsp3) is 0.826. The molecule has 3 amide bonds. The second-order valence-corrected chi connectivity index (χ2v) is 10.5. The summed E-state index contributed by atoms with van der Waals surface area (Å²) in [6.07, 6.45) is -1.76. The van der Waals surface area contributed by atoms with Crippen molar-refractivity contribution in [3.8, 4) is 0 Å². The minimum atomic E-state index is -0.964. The summed E-state index contributed by atoms with van der Waals surface area (Å²) in [6.45, 7) is 16.1. The maximum absolute atomic E-state index is 13.5. The van der Waals surface area contributed by atoms with Gasteiger partial charge in [-0.25, -0.2) is 14.4 Å². The van der Waals surface area contributed by atoms with Crippen molar-refractivity contribution >= 4 is 24.1 Å². The largest absolute Gasteiger partial charge is 0.467 e. The number of amides is 3. The van der Waals surface area contributed by atoms with E-state index >= 15 is 0 Å². The molecule has 0 radical (unpaired) electrons. The van der Waals surface area contributed by atoms with Crippen LogP contribution in [0.5, 0.6) is 0 Å². The highest BCUT2D eigenvalue weighted by Crippen LogP contribution is 2.28. The maximum Gasteiger partial charge on any atom is 0.410 e. The maximum atomic E-state index is 13.5. The summed E-state index contributed by atoms with van der Waals surface area (Å²) in [5, 5.41) is 2.66. The lowest BCUT2D eigenvalue weighted by atomic mass is 9.85. The van der Waals surface area contributed by atoms with E-state index in [2.05, 4.69) is 5.32 Å². The number of hydrogen-bond acceptors (Lipinski definition) is 7. The number of alkyl carbamates (subject to hydrolysis) is 1. The van der Waals surface area contributed by atoms with Crippen LogP contribution in [0, 0.1) is 10.8 Å². The van der Waals surface area contributed by atoms with E-state index < -0.39 is 47.7 Å². The van der Waals surface area contributed by atoms with Gasteiger partial charge in [-0.15, -0.1) is 0 Å². The third-order valence-electron chi connectivity index (χ3n) is 5.32. The molecule has 0 saturated carbocycles. The summed E-state index contributed by atoms with van der Waals surface area (Å²) in [6, 6.07) is -1.89. The monoisotopic (exact) mass is 471 g/mol. The van der Waals surface area contributed by atoms with Crippen molar-refractivity contribution in [3.05, 3.63) is 0 Å². The van der Waals surface area contributed by atoms with Crippen LogP contribution in [0.4, 0.5) is 9.59 Å². The molecule has 10 nitrogen and oxygen atoms in total. The van der Waals surface area contributed by atoms with E-state index in [1.807, 2.05) is 34.6 Å². The number of likely N-dealkylation sites (tertiary alicyclic amines) is 1. The molecule has 1 fully saturated rings. The molecule has 1 N–H and O–H groups in total. The van der Waals surface area contributed by atoms with Gasteiger partial charge in [-0.3, -0.25) is 4.79 Å². The average molecular weight is 472 g/mol. The first-order valence-corrected chi connectivity index (χ1v) is 11.4. The molecule has 0 bridgehead atoms. The second kappa shape index (κ2) is 11.6. The lowest BCUT2D eigenvalue weighted by molar-refractivity contribution is -0.152. The van der Waals surface area contributed by atoms with E-state index in [0.29, 0.717) is 13.1 Å². The predicted molar refractivity (Wildman–Crippen MR) is 123 cm³/mol. The van der Waals surface area contributed by atoms with Gasteiger partial charge >= 0.3 is 18.2 Å². The molecule has 3 atom stereocenters. The number of rotatable bonds is 7. The summed E-state index contributed by atoms with van der Waals surface area (Å²) in [7, 11) is 1.24. The molecule has 10 heteroatoms. The Morgan fingerprint density at radius 2 is 1.64 bits per heavy atom. The van der Waals surface area contributed by atoms with Gasteiger partial charge in [-0.2, -0.15) is 0 Å².